The number of carbonyl (C=O) groups is 1. The standard InChI is InChI=1S/C19H22ClN3O.2ClH/c1-14(15-5-4-8-21-12-15)11-19(24)23-10-9-22-13-18(23)16-6-2-3-7-17(16)20;;/h2-8,12,14,18,22H,9-11,13H2,1H3;2*1H. The minimum atomic E-state index is -0.0129. The highest BCUT2D eigenvalue weighted by molar-refractivity contribution is 6.31. The predicted molar refractivity (Wildman–Crippen MR) is 111 cm³/mol. The van der Waals surface area contributed by atoms with Crippen LogP contribution >= 0.6 is 36.4 Å². The van der Waals surface area contributed by atoms with E-state index in [0.29, 0.717) is 18.0 Å². The lowest BCUT2D eigenvalue weighted by molar-refractivity contribution is -0.134. The van der Waals surface area contributed by atoms with Crippen LogP contribution in [0.1, 0.15) is 36.4 Å². The summed E-state index contributed by atoms with van der Waals surface area (Å²) >= 11 is 6.36. The van der Waals surface area contributed by atoms with Gasteiger partial charge in [-0.25, -0.2) is 0 Å². The van der Waals surface area contributed by atoms with E-state index in [-0.39, 0.29) is 42.7 Å². The van der Waals surface area contributed by atoms with Gasteiger partial charge >= 0.3 is 0 Å². The van der Waals surface area contributed by atoms with Crippen molar-refractivity contribution in [2.24, 2.45) is 0 Å². The summed E-state index contributed by atoms with van der Waals surface area (Å²) in [6.45, 7) is 4.32. The van der Waals surface area contributed by atoms with E-state index in [0.717, 1.165) is 24.2 Å². The SMILES string of the molecule is CC(CC(=O)N1CCNCC1c1ccccc1Cl)c1cccnc1.Cl.Cl. The van der Waals surface area contributed by atoms with Gasteiger partial charge in [0.1, 0.15) is 0 Å². The molecule has 1 saturated heterocycles. The number of rotatable bonds is 4. The van der Waals surface area contributed by atoms with E-state index in [9.17, 15) is 4.79 Å². The van der Waals surface area contributed by atoms with Crippen molar-refractivity contribution in [1.29, 1.82) is 0 Å². The van der Waals surface area contributed by atoms with Crippen molar-refractivity contribution < 1.29 is 4.79 Å². The van der Waals surface area contributed by atoms with Gasteiger partial charge < -0.3 is 10.2 Å². The highest BCUT2D eigenvalue weighted by atomic mass is 35.5. The van der Waals surface area contributed by atoms with Crippen LogP contribution in [0.4, 0.5) is 0 Å². The zero-order valence-corrected chi connectivity index (χ0v) is 17.0. The van der Waals surface area contributed by atoms with E-state index < -0.39 is 0 Å². The van der Waals surface area contributed by atoms with E-state index in [2.05, 4.69) is 17.2 Å². The third-order valence-electron chi connectivity index (χ3n) is 4.56. The highest BCUT2D eigenvalue weighted by Crippen LogP contribution is 2.30. The summed E-state index contributed by atoms with van der Waals surface area (Å²) in [5, 5.41) is 4.08. The molecule has 7 heteroatoms. The molecule has 0 saturated carbocycles. The number of nitrogens with one attached hydrogen (secondary N) is 1. The van der Waals surface area contributed by atoms with Crippen LogP contribution in [0.5, 0.6) is 0 Å². The van der Waals surface area contributed by atoms with Crippen LogP contribution in [0.3, 0.4) is 0 Å². The maximum absolute atomic E-state index is 12.9. The Morgan fingerprint density at radius 3 is 2.77 bits per heavy atom. The molecule has 0 aliphatic carbocycles. The number of amides is 1. The summed E-state index contributed by atoms with van der Waals surface area (Å²) in [7, 11) is 0. The van der Waals surface area contributed by atoms with Gasteiger partial charge in [0.15, 0.2) is 0 Å². The average molecular weight is 417 g/mol. The molecule has 1 fully saturated rings. The fourth-order valence-corrected chi connectivity index (χ4v) is 3.45. The summed E-state index contributed by atoms with van der Waals surface area (Å²) < 4.78 is 0. The molecule has 0 radical (unpaired) electrons. The van der Waals surface area contributed by atoms with E-state index in [1.54, 1.807) is 6.20 Å². The van der Waals surface area contributed by atoms with Crippen molar-refractivity contribution in [2.45, 2.75) is 25.3 Å². The van der Waals surface area contributed by atoms with Gasteiger partial charge in [-0.05, 0) is 29.2 Å². The molecule has 2 atom stereocenters. The maximum Gasteiger partial charge on any atom is 0.223 e. The Labute approximate surface area is 172 Å². The number of halogens is 3. The Bertz CT molecular complexity index is 699. The summed E-state index contributed by atoms with van der Waals surface area (Å²) in [4.78, 5) is 19.0. The Morgan fingerprint density at radius 2 is 2.08 bits per heavy atom. The van der Waals surface area contributed by atoms with Crippen LogP contribution in [0.2, 0.25) is 5.02 Å². The Morgan fingerprint density at radius 1 is 1.31 bits per heavy atom. The summed E-state index contributed by atoms with van der Waals surface area (Å²) in [6.07, 6.45) is 4.07. The second kappa shape index (κ2) is 10.7. The van der Waals surface area contributed by atoms with Crippen LogP contribution in [0, 0.1) is 0 Å². The Hall–Kier alpha value is -1.33. The van der Waals surface area contributed by atoms with Gasteiger partial charge in [-0.2, -0.15) is 0 Å². The Balaban J connectivity index is 0.00000169. The van der Waals surface area contributed by atoms with Gasteiger partial charge in [-0.3, -0.25) is 9.78 Å². The van der Waals surface area contributed by atoms with E-state index in [1.165, 1.54) is 0 Å². The molecule has 142 valence electrons. The molecule has 2 unspecified atom stereocenters. The largest absolute Gasteiger partial charge is 0.333 e. The molecule has 4 nitrogen and oxygen atoms in total. The van der Waals surface area contributed by atoms with Crippen LogP contribution in [0.25, 0.3) is 0 Å². The molecule has 1 amide bonds. The third kappa shape index (κ3) is 5.34. The first-order valence-corrected chi connectivity index (χ1v) is 8.69. The monoisotopic (exact) mass is 415 g/mol. The number of aromatic nitrogens is 1. The van der Waals surface area contributed by atoms with Crippen LogP contribution in [-0.4, -0.2) is 35.4 Å². The van der Waals surface area contributed by atoms with Crippen LogP contribution in [0.15, 0.2) is 48.8 Å². The smallest absolute Gasteiger partial charge is 0.223 e. The molecule has 2 aromatic rings. The minimum absolute atomic E-state index is 0. The van der Waals surface area contributed by atoms with Crippen molar-refractivity contribution in [3.63, 3.8) is 0 Å². The predicted octanol–water partition coefficient (Wildman–Crippen LogP) is 4.25. The van der Waals surface area contributed by atoms with Gasteiger partial charge in [-0.15, -0.1) is 24.8 Å². The van der Waals surface area contributed by atoms with Gasteiger partial charge in [0.25, 0.3) is 0 Å². The lowest BCUT2D eigenvalue weighted by Crippen LogP contribution is -2.49. The van der Waals surface area contributed by atoms with Crippen molar-refractivity contribution in [3.8, 4) is 0 Å². The van der Waals surface area contributed by atoms with E-state index in [1.807, 2.05) is 47.5 Å². The quantitative estimate of drug-likeness (QED) is 0.810. The molecule has 1 aliphatic rings. The first-order chi connectivity index (χ1) is 11.7. The van der Waals surface area contributed by atoms with Crippen LogP contribution < -0.4 is 5.32 Å². The molecule has 0 bridgehead atoms. The molecule has 1 aromatic carbocycles. The molecule has 0 spiro atoms. The molecular weight excluding hydrogens is 393 g/mol. The lowest BCUT2D eigenvalue weighted by Gasteiger charge is -2.37. The normalized spacial score (nSPS) is 17.6. The van der Waals surface area contributed by atoms with E-state index in [4.69, 9.17) is 11.6 Å². The first kappa shape index (κ1) is 22.7. The molecule has 26 heavy (non-hydrogen) atoms. The number of hydrogen-bond donors (Lipinski definition) is 1. The molecule has 3 rings (SSSR count). The fourth-order valence-electron chi connectivity index (χ4n) is 3.19. The second-order valence-corrected chi connectivity index (χ2v) is 6.63. The maximum atomic E-state index is 12.9. The van der Waals surface area contributed by atoms with Crippen molar-refractivity contribution in [3.05, 3.63) is 64.9 Å². The molecule has 2 heterocycles. The molecule has 1 aliphatic heterocycles. The lowest BCUT2D eigenvalue weighted by atomic mass is 9.97. The van der Waals surface area contributed by atoms with Crippen molar-refractivity contribution >= 4 is 42.3 Å². The first-order valence-electron chi connectivity index (χ1n) is 8.31. The highest BCUT2D eigenvalue weighted by Gasteiger charge is 2.29. The second-order valence-electron chi connectivity index (χ2n) is 6.22. The van der Waals surface area contributed by atoms with Gasteiger partial charge in [0.2, 0.25) is 5.91 Å². The summed E-state index contributed by atoms with van der Waals surface area (Å²) in [5.41, 5.74) is 2.10. The van der Waals surface area contributed by atoms with Crippen molar-refractivity contribution in [1.82, 2.24) is 15.2 Å². The van der Waals surface area contributed by atoms with E-state index >= 15 is 0 Å². The zero-order chi connectivity index (χ0) is 16.9. The number of piperazine rings is 1. The van der Waals surface area contributed by atoms with Gasteiger partial charge in [-0.1, -0.05) is 42.8 Å². The van der Waals surface area contributed by atoms with Gasteiger partial charge in [0, 0.05) is 43.5 Å². The number of nitrogens with zero attached hydrogens (tertiary/aromatic N) is 2. The van der Waals surface area contributed by atoms with Crippen LogP contribution in [-0.2, 0) is 4.79 Å². The minimum Gasteiger partial charge on any atom is -0.333 e. The number of pyridine rings is 1. The van der Waals surface area contributed by atoms with Crippen molar-refractivity contribution in [2.75, 3.05) is 19.6 Å². The molecule has 1 aromatic heterocycles. The average Bonchev–Trinajstić information content (AvgIpc) is 2.63. The van der Waals surface area contributed by atoms with Gasteiger partial charge in [0.05, 0.1) is 6.04 Å². The summed E-state index contributed by atoms with van der Waals surface area (Å²) in [6, 6.07) is 11.7. The summed E-state index contributed by atoms with van der Waals surface area (Å²) in [5.74, 6) is 0.311. The topological polar surface area (TPSA) is 45.2 Å². The number of carbonyl (C=O) groups excluding carboxylic acids is 1. The molecule has 1 N–H and O–H groups in total. The number of hydrogen-bond acceptors (Lipinski definition) is 3. The number of benzene rings is 1. The third-order valence-corrected chi connectivity index (χ3v) is 4.91. The Kier molecular flexibility index (Phi) is 9.37. The molecular formula is C19H24Cl3N3O. The zero-order valence-electron chi connectivity index (χ0n) is 14.6. The fraction of sp³-hybridized carbons (Fsp3) is 0.368.